The fourth-order valence-electron chi connectivity index (χ4n) is 5.31. The molecule has 2 fully saturated rings. The van der Waals surface area contributed by atoms with Gasteiger partial charge in [0, 0.05) is 66.9 Å². The van der Waals surface area contributed by atoms with Gasteiger partial charge in [0.15, 0.2) is 11.5 Å². The molecule has 1 aliphatic carbocycles. The van der Waals surface area contributed by atoms with Gasteiger partial charge >= 0.3 is 0 Å². The number of amides is 1. The number of nitrogens with one attached hydrogen (secondary N) is 2. The molecule has 0 spiro atoms. The average Bonchev–Trinajstić information content (AvgIpc) is 3.39. The van der Waals surface area contributed by atoms with Crippen LogP contribution in [-0.2, 0) is 6.54 Å². The molecule has 1 saturated heterocycles. The Labute approximate surface area is 209 Å². The number of hydrogen-bond acceptors (Lipinski definition) is 5. The zero-order valence-electron chi connectivity index (χ0n) is 21.0. The summed E-state index contributed by atoms with van der Waals surface area (Å²) in [7, 11) is 0. The third-order valence-electron chi connectivity index (χ3n) is 7.49. The van der Waals surface area contributed by atoms with Crippen molar-refractivity contribution in [3.05, 3.63) is 53.9 Å². The van der Waals surface area contributed by atoms with Crippen LogP contribution in [0.2, 0.25) is 0 Å². The van der Waals surface area contributed by atoms with E-state index >= 15 is 0 Å². The minimum absolute atomic E-state index is 0.189. The molecule has 0 atom stereocenters. The molecule has 3 aromatic heterocycles. The van der Waals surface area contributed by atoms with Crippen LogP contribution < -0.4 is 15.5 Å². The first-order valence-corrected chi connectivity index (χ1v) is 12.8. The minimum atomic E-state index is -0.482. The fraction of sp³-hybridized carbons (Fsp3) is 0.444. The van der Waals surface area contributed by atoms with Gasteiger partial charge in [-0.25, -0.2) is 9.37 Å². The second-order valence-electron chi connectivity index (χ2n) is 10.5. The Balaban J connectivity index is 1.28. The van der Waals surface area contributed by atoms with Crippen molar-refractivity contribution < 1.29 is 9.18 Å². The van der Waals surface area contributed by atoms with Crippen LogP contribution in [0, 0.1) is 12.7 Å². The van der Waals surface area contributed by atoms with Crippen molar-refractivity contribution in [2.24, 2.45) is 0 Å². The maximum atomic E-state index is 14.5. The quantitative estimate of drug-likeness (QED) is 0.417. The summed E-state index contributed by atoms with van der Waals surface area (Å²) in [4.78, 5) is 19.9. The Morgan fingerprint density at radius 1 is 1.19 bits per heavy atom. The van der Waals surface area contributed by atoms with Crippen molar-refractivity contribution in [1.29, 1.82) is 0 Å². The number of imidazole rings is 1. The number of anilines is 2. The van der Waals surface area contributed by atoms with Crippen molar-refractivity contribution in [1.82, 2.24) is 24.5 Å². The molecule has 0 unspecified atom stereocenters. The number of carbonyl (C=O) groups is 1. The van der Waals surface area contributed by atoms with E-state index < -0.39 is 5.82 Å². The van der Waals surface area contributed by atoms with Crippen LogP contribution in [0.5, 0.6) is 0 Å². The summed E-state index contributed by atoms with van der Waals surface area (Å²) in [6.45, 7) is 8.80. The zero-order valence-corrected chi connectivity index (χ0v) is 21.0. The van der Waals surface area contributed by atoms with E-state index in [9.17, 15) is 9.18 Å². The molecule has 8 nitrogen and oxygen atoms in total. The van der Waals surface area contributed by atoms with Crippen LogP contribution in [0.1, 0.15) is 55.6 Å². The van der Waals surface area contributed by atoms with Crippen LogP contribution >= 0.6 is 0 Å². The largest absolute Gasteiger partial charge is 0.371 e. The summed E-state index contributed by atoms with van der Waals surface area (Å²) >= 11 is 0. The van der Waals surface area contributed by atoms with Gasteiger partial charge in [0.2, 0.25) is 0 Å². The zero-order chi connectivity index (χ0) is 25.0. The van der Waals surface area contributed by atoms with Crippen LogP contribution in [0.4, 0.5) is 15.8 Å². The van der Waals surface area contributed by atoms with E-state index in [1.165, 1.54) is 18.9 Å². The van der Waals surface area contributed by atoms with Crippen LogP contribution in [0.25, 0.3) is 16.6 Å². The second-order valence-corrected chi connectivity index (χ2v) is 10.5. The number of benzene rings is 1. The number of carbonyl (C=O) groups excluding carboxylic acids is 1. The van der Waals surface area contributed by atoms with E-state index in [1.54, 1.807) is 23.7 Å². The minimum Gasteiger partial charge on any atom is -0.371 e. The number of pyridine rings is 1. The molecule has 1 saturated carbocycles. The van der Waals surface area contributed by atoms with Crippen LogP contribution in [0.3, 0.4) is 0 Å². The Kier molecular flexibility index (Phi) is 5.48. The third-order valence-corrected chi connectivity index (χ3v) is 7.49. The first kappa shape index (κ1) is 23.0. The summed E-state index contributed by atoms with van der Waals surface area (Å²) in [5, 5.41) is 12.4. The lowest BCUT2D eigenvalue weighted by atomic mass is 9.89. The second kappa shape index (κ2) is 8.58. The molecular weight excluding hydrogens is 457 g/mol. The lowest BCUT2D eigenvalue weighted by molar-refractivity contribution is 0.102. The average molecular weight is 490 g/mol. The third kappa shape index (κ3) is 4.21. The fourth-order valence-corrected chi connectivity index (χ4v) is 5.31. The molecule has 1 aliphatic heterocycles. The Morgan fingerprint density at radius 3 is 2.69 bits per heavy atom. The summed E-state index contributed by atoms with van der Waals surface area (Å²) < 4.78 is 18.0. The molecule has 0 bridgehead atoms. The summed E-state index contributed by atoms with van der Waals surface area (Å²) in [5.74, 6) is -0.798. The maximum Gasteiger partial charge on any atom is 0.257 e. The smallest absolute Gasteiger partial charge is 0.257 e. The number of aryl methyl sites for hydroxylation is 2. The predicted molar refractivity (Wildman–Crippen MR) is 139 cm³/mol. The standard InChI is InChI=1S/C27H32FN7O/c1-4-35-16-21-23(33-11-9-27(3,10-12-33)31-18-5-6-18)8-7-20(24(21)32-35)26(36)30-19-13-22(28)25-29-17(2)14-34(25)15-19/h7-8,13-16,18,31H,4-6,9-12H2,1-3H3,(H,30,36). The molecule has 188 valence electrons. The number of aromatic nitrogens is 4. The number of rotatable bonds is 6. The number of hydrogen-bond donors (Lipinski definition) is 2. The highest BCUT2D eigenvalue weighted by molar-refractivity contribution is 6.13. The molecule has 4 aromatic rings. The summed E-state index contributed by atoms with van der Waals surface area (Å²) in [6.07, 6.45) is 10.2. The van der Waals surface area contributed by atoms with Gasteiger partial charge in [-0.3, -0.25) is 9.48 Å². The number of fused-ring (bicyclic) bond motifs is 2. The van der Waals surface area contributed by atoms with Crippen LogP contribution in [0.15, 0.2) is 36.8 Å². The van der Waals surface area contributed by atoms with Crippen molar-refractivity contribution in [2.75, 3.05) is 23.3 Å². The molecule has 2 N–H and O–H groups in total. The first-order valence-electron chi connectivity index (χ1n) is 12.8. The molecule has 1 amide bonds. The van der Waals surface area contributed by atoms with Gasteiger partial charge in [-0.05, 0) is 58.6 Å². The van der Waals surface area contributed by atoms with E-state index in [2.05, 4.69) is 27.4 Å². The van der Waals surface area contributed by atoms with E-state index in [1.807, 2.05) is 29.9 Å². The maximum absolute atomic E-state index is 14.5. The van der Waals surface area contributed by atoms with Crippen LogP contribution in [-0.4, -0.2) is 49.7 Å². The monoisotopic (exact) mass is 489 g/mol. The summed E-state index contributed by atoms with van der Waals surface area (Å²) in [6, 6.07) is 5.86. The van der Waals surface area contributed by atoms with Gasteiger partial charge in [0.05, 0.1) is 16.9 Å². The molecular formula is C27H32FN7O. The van der Waals surface area contributed by atoms with E-state index in [4.69, 9.17) is 5.10 Å². The lowest BCUT2D eigenvalue weighted by Crippen LogP contribution is -2.52. The number of nitrogens with zero attached hydrogens (tertiary/aromatic N) is 5. The molecule has 36 heavy (non-hydrogen) atoms. The first-order chi connectivity index (χ1) is 17.3. The van der Waals surface area contributed by atoms with Gasteiger partial charge in [-0.2, -0.15) is 5.10 Å². The molecule has 9 heteroatoms. The molecule has 1 aromatic carbocycles. The topological polar surface area (TPSA) is 79.5 Å². The Bertz CT molecular complexity index is 1460. The summed E-state index contributed by atoms with van der Waals surface area (Å²) in [5.41, 5.74) is 3.75. The SMILES string of the molecule is CCn1cc2c(N3CCC(C)(NC4CC4)CC3)ccc(C(=O)Nc3cc(F)c4nc(C)cn4c3)c2n1. The van der Waals surface area contributed by atoms with E-state index in [-0.39, 0.29) is 17.1 Å². The predicted octanol–water partition coefficient (Wildman–Crippen LogP) is 4.51. The normalized spacial score (nSPS) is 17.7. The molecule has 6 rings (SSSR count). The lowest BCUT2D eigenvalue weighted by Gasteiger charge is -2.41. The highest BCUT2D eigenvalue weighted by Gasteiger charge is 2.35. The van der Waals surface area contributed by atoms with Crippen molar-refractivity contribution in [2.45, 2.75) is 64.6 Å². The highest BCUT2D eigenvalue weighted by atomic mass is 19.1. The van der Waals surface area contributed by atoms with Gasteiger partial charge in [0.1, 0.15) is 5.52 Å². The van der Waals surface area contributed by atoms with Crippen molar-refractivity contribution in [3.8, 4) is 0 Å². The number of halogens is 1. The molecule has 2 aliphatic rings. The van der Waals surface area contributed by atoms with Crippen molar-refractivity contribution in [3.63, 3.8) is 0 Å². The number of piperidine rings is 1. The highest BCUT2D eigenvalue weighted by Crippen LogP contribution is 2.35. The Morgan fingerprint density at radius 2 is 1.97 bits per heavy atom. The molecule has 4 heterocycles. The molecule has 0 radical (unpaired) electrons. The van der Waals surface area contributed by atoms with Gasteiger partial charge in [-0.1, -0.05) is 0 Å². The Hall–Kier alpha value is -3.46. The van der Waals surface area contributed by atoms with E-state index in [0.717, 1.165) is 37.0 Å². The van der Waals surface area contributed by atoms with Gasteiger partial charge < -0.3 is 19.9 Å². The van der Waals surface area contributed by atoms with Crippen molar-refractivity contribution >= 4 is 33.8 Å². The van der Waals surface area contributed by atoms with E-state index in [0.29, 0.717) is 35.0 Å². The van der Waals surface area contributed by atoms with Gasteiger partial charge in [0.25, 0.3) is 5.91 Å². The van der Waals surface area contributed by atoms with Gasteiger partial charge in [-0.15, -0.1) is 0 Å².